The largest absolute Gasteiger partial charge is 0.737 e. The van der Waals surface area contributed by atoms with Gasteiger partial charge in [-0.05, 0) is 93.4 Å². The van der Waals surface area contributed by atoms with E-state index in [1.165, 1.54) is 8.96 Å². The van der Waals surface area contributed by atoms with E-state index in [0.717, 1.165) is 40.6 Å². The summed E-state index contributed by atoms with van der Waals surface area (Å²) in [6.07, 6.45) is 7.49. The Kier molecular flexibility index (Phi) is 7.29. The Morgan fingerprint density at radius 1 is 0.725 bits per heavy atom. The number of halogens is 4. The van der Waals surface area contributed by atoms with E-state index < -0.39 is 6.97 Å². The van der Waals surface area contributed by atoms with Crippen LogP contribution in [0.5, 0.6) is 0 Å². The fourth-order valence-corrected chi connectivity index (χ4v) is 6.95. The van der Waals surface area contributed by atoms with Crippen molar-refractivity contribution in [2.24, 2.45) is 0 Å². The van der Waals surface area contributed by atoms with Gasteiger partial charge in [-0.2, -0.15) is 0 Å². The summed E-state index contributed by atoms with van der Waals surface area (Å²) >= 11 is 4.45. The predicted octanol–water partition coefficient (Wildman–Crippen LogP) is 9.46. The molecule has 0 N–H and O–H groups in total. The van der Waals surface area contributed by atoms with Gasteiger partial charge in [0.15, 0.2) is 11.4 Å². The van der Waals surface area contributed by atoms with Gasteiger partial charge in [0.2, 0.25) is 0 Å². The number of allylic oxidation sites excluding steroid dienone is 3. The van der Waals surface area contributed by atoms with Crippen molar-refractivity contribution in [2.75, 3.05) is 0 Å². The molecule has 0 atom stereocenters. The lowest BCUT2D eigenvalue weighted by Crippen LogP contribution is -2.51. The molecule has 198 valence electrons. The number of aromatic nitrogens is 1. The quantitative estimate of drug-likeness (QED) is 0.142. The molecule has 2 aliphatic rings. The van der Waals surface area contributed by atoms with Gasteiger partial charge < -0.3 is 17.6 Å². The standard InChI is InChI=1S/C33H25BF2I2N2/c1-22-30(37)27(20-18-24-12-6-3-7-13-24)39-32(22)29(26-16-10-5-11-17-26)33-23(2)31(38)28(40(33)34(39,35)36)21-19-25-14-8-4-9-15-25/h3-21H,1-2H3/b20-18+,21-19+. The summed E-state index contributed by atoms with van der Waals surface area (Å²) < 4.78 is 38.5. The third-order valence-electron chi connectivity index (χ3n) is 7.44. The highest BCUT2D eigenvalue weighted by Crippen LogP contribution is 2.48. The van der Waals surface area contributed by atoms with Crippen LogP contribution in [0.4, 0.5) is 8.63 Å². The lowest BCUT2D eigenvalue weighted by Gasteiger charge is -2.34. The van der Waals surface area contributed by atoms with Gasteiger partial charge >= 0.3 is 6.97 Å². The Balaban J connectivity index is 1.67. The normalized spacial score (nSPS) is 16.4. The zero-order valence-corrected chi connectivity index (χ0v) is 26.3. The van der Waals surface area contributed by atoms with Crippen molar-refractivity contribution in [3.05, 3.63) is 149 Å². The van der Waals surface area contributed by atoms with Crippen LogP contribution in [-0.2, 0) is 0 Å². The summed E-state index contributed by atoms with van der Waals surface area (Å²) in [5.74, 6) is 0. The van der Waals surface area contributed by atoms with Crippen LogP contribution in [0, 0.1) is 10.5 Å². The molecule has 6 rings (SSSR count). The summed E-state index contributed by atoms with van der Waals surface area (Å²) in [7, 11) is 0. The molecule has 0 spiro atoms. The van der Waals surface area contributed by atoms with Crippen LogP contribution >= 0.6 is 45.2 Å². The molecule has 3 heterocycles. The minimum absolute atomic E-state index is 0.514. The molecule has 0 amide bonds. The maximum Gasteiger partial charge on any atom is 0.737 e. The number of nitrogens with zero attached hydrogens (tertiary/aromatic N) is 2. The van der Waals surface area contributed by atoms with Gasteiger partial charge in [-0.15, -0.1) is 0 Å². The molecular formula is C33H25BF2I2N2. The summed E-state index contributed by atoms with van der Waals surface area (Å²) in [4.78, 5) is 0. The van der Waals surface area contributed by atoms with E-state index in [4.69, 9.17) is 0 Å². The molecule has 0 bridgehead atoms. The fraction of sp³-hybridized carbons (Fsp3) is 0.0606. The average Bonchev–Trinajstić information content (AvgIpc) is 3.38. The molecule has 0 fully saturated rings. The van der Waals surface area contributed by atoms with Gasteiger partial charge in [-0.25, -0.2) is 0 Å². The van der Waals surface area contributed by atoms with Gasteiger partial charge in [0.1, 0.15) is 0 Å². The molecule has 1 aromatic heterocycles. The van der Waals surface area contributed by atoms with Gasteiger partial charge in [-0.1, -0.05) is 97.1 Å². The third-order valence-corrected chi connectivity index (χ3v) is 10.2. The van der Waals surface area contributed by atoms with E-state index in [2.05, 4.69) is 45.2 Å². The molecule has 3 aromatic carbocycles. The first-order valence-corrected chi connectivity index (χ1v) is 15.2. The molecular weight excluding hydrogens is 727 g/mol. The van der Waals surface area contributed by atoms with Crippen molar-refractivity contribution < 1.29 is 13.1 Å². The van der Waals surface area contributed by atoms with Crippen molar-refractivity contribution in [3.8, 4) is 0 Å². The highest BCUT2D eigenvalue weighted by Gasteiger charge is 2.57. The van der Waals surface area contributed by atoms with Crippen LogP contribution in [0.3, 0.4) is 0 Å². The average molecular weight is 752 g/mol. The second kappa shape index (κ2) is 10.7. The first-order valence-electron chi connectivity index (χ1n) is 13.0. The van der Waals surface area contributed by atoms with E-state index in [1.54, 1.807) is 0 Å². The molecule has 0 aliphatic carbocycles. The Bertz CT molecular complexity index is 1780. The molecule has 0 saturated carbocycles. The van der Waals surface area contributed by atoms with Crippen LogP contribution in [0.15, 0.2) is 112 Å². The number of hydrogen-bond donors (Lipinski definition) is 0. The van der Waals surface area contributed by atoms with E-state index in [0.29, 0.717) is 22.8 Å². The first kappa shape index (κ1) is 27.1. The van der Waals surface area contributed by atoms with Crippen LogP contribution in [0.2, 0.25) is 0 Å². The maximum absolute atomic E-state index is 17.1. The summed E-state index contributed by atoms with van der Waals surface area (Å²) in [5, 5.41) is 0. The lowest BCUT2D eigenvalue weighted by molar-refractivity contribution is -0.362. The summed E-state index contributed by atoms with van der Waals surface area (Å²) in [6, 6.07) is 29.5. The van der Waals surface area contributed by atoms with Crippen LogP contribution < -0.4 is 0 Å². The number of fused-ring (bicyclic) bond motifs is 2. The number of hydrogen-bond acceptors (Lipinski definition) is 0. The van der Waals surface area contributed by atoms with Crippen LogP contribution in [0.25, 0.3) is 23.8 Å². The molecule has 2 nitrogen and oxygen atoms in total. The molecule has 0 saturated heterocycles. The Morgan fingerprint density at radius 2 is 1.25 bits per heavy atom. The van der Waals surface area contributed by atoms with Crippen LogP contribution in [0.1, 0.15) is 40.6 Å². The first-order chi connectivity index (χ1) is 19.3. The Labute approximate surface area is 260 Å². The molecule has 40 heavy (non-hydrogen) atoms. The minimum Gasteiger partial charge on any atom is -0.389 e. The third kappa shape index (κ3) is 4.47. The van der Waals surface area contributed by atoms with Gasteiger partial charge in [0, 0.05) is 26.6 Å². The lowest BCUT2D eigenvalue weighted by atomic mass is 9.83. The minimum atomic E-state index is -4.22. The zero-order valence-electron chi connectivity index (χ0n) is 22.0. The number of rotatable bonds is 5. The molecule has 0 radical (unpaired) electrons. The Hall–Kier alpha value is -3.05. The van der Waals surface area contributed by atoms with Crippen LogP contribution in [-0.4, -0.2) is 21.6 Å². The predicted molar refractivity (Wildman–Crippen MR) is 181 cm³/mol. The summed E-state index contributed by atoms with van der Waals surface area (Å²) in [6.45, 7) is -0.312. The number of benzene rings is 3. The molecule has 0 unspecified atom stereocenters. The van der Waals surface area contributed by atoms with E-state index in [-0.39, 0.29) is 0 Å². The monoisotopic (exact) mass is 752 g/mol. The van der Waals surface area contributed by atoms with Gasteiger partial charge in [0.05, 0.1) is 9.15 Å². The highest BCUT2D eigenvalue weighted by molar-refractivity contribution is 14.1. The van der Waals surface area contributed by atoms with Crippen molar-refractivity contribution >= 4 is 81.7 Å². The van der Waals surface area contributed by atoms with Crippen molar-refractivity contribution in [1.82, 2.24) is 4.48 Å². The van der Waals surface area contributed by atoms with Crippen molar-refractivity contribution in [2.45, 2.75) is 13.8 Å². The van der Waals surface area contributed by atoms with Gasteiger partial charge in [-0.3, -0.25) is 0 Å². The highest BCUT2D eigenvalue weighted by atomic mass is 127. The summed E-state index contributed by atoms with van der Waals surface area (Å²) in [5.41, 5.74) is 7.58. The maximum atomic E-state index is 17.1. The molecule has 2 aliphatic heterocycles. The Morgan fingerprint density at radius 3 is 1.82 bits per heavy atom. The van der Waals surface area contributed by atoms with E-state index >= 15 is 8.63 Å². The SMILES string of the molecule is CC1=C(I)C(/C=C/c2ccccc2)=[N+]2C1=C(c1ccccc1)c1c(C)c(I)c(/C=C/c3ccccc3)n1[B-]2(F)F. The van der Waals surface area contributed by atoms with E-state index in [1.807, 2.05) is 129 Å². The fourth-order valence-electron chi connectivity index (χ4n) is 5.56. The topological polar surface area (TPSA) is 7.94 Å². The second-order valence-electron chi connectivity index (χ2n) is 9.90. The van der Waals surface area contributed by atoms with Crippen molar-refractivity contribution in [3.63, 3.8) is 0 Å². The van der Waals surface area contributed by atoms with E-state index in [9.17, 15) is 0 Å². The smallest absolute Gasteiger partial charge is 0.389 e. The van der Waals surface area contributed by atoms with Gasteiger partial charge in [0.25, 0.3) is 0 Å². The van der Waals surface area contributed by atoms with Crippen molar-refractivity contribution in [1.29, 1.82) is 0 Å². The zero-order chi connectivity index (χ0) is 28.0. The second-order valence-corrected chi connectivity index (χ2v) is 12.1. The molecule has 4 aromatic rings. The molecule has 7 heteroatoms.